The minimum absolute atomic E-state index is 0.0428. The van der Waals surface area contributed by atoms with Gasteiger partial charge in [-0.25, -0.2) is 0 Å². The van der Waals surface area contributed by atoms with E-state index in [9.17, 15) is 35.7 Å². The first-order valence-corrected chi connectivity index (χ1v) is 12.3. The molecule has 1 spiro atoms. The van der Waals surface area contributed by atoms with Crippen molar-refractivity contribution in [3.05, 3.63) is 94.2 Å². The number of rotatable bonds is 2. The summed E-state index contributed by atoms with van der Waals surface area (Å²) < 4.78 is 18.8. The molecule has 3 atom stereocenters. The van der Waals surface area contributed by atoms with Crippen LogP contribution in [0, 0.1) is 0 Å². The molecule has 0 bridgehead atoms. The zero-order chi connectivity index (χ0) is 27.9. The van der Waals surface area contributed by atoms with Gasteiger partial charge in [-0.1, -0.05) is 18.2 Å². The number of fused-ring (bicyclic) bond motifs is 6. The molecule has 4 aromatic rings. The van der Waals surface area contributed by atoms with Gasteiger partial charge >= 0.3 is 0 Å². The minimum atomic E-state index is -1.25. The minimum Gasteiger partial charge on any atom is -0.508 e. The fourth-order valence-electron chi connectivity index (χ4n) is 5.94. The van der Waals surface area contributed by atoms with E-state index in [-0.39, 0.29) is 63.9 Å². The normalized spacial score (nSPS) is 21.9. The third kappa shape index (κ3) is 3.16. The molecule has 0 aliphatic carbocycles. The predicted octanol–water partition coefficient (Wildman–Crippen LogP) is 4.77. The van der Waals surface area contributed by atoms with Crippen LogP contribution in [0.2, 0.25) is 0 Å². The van der Waals surface area contributed by atoms with Crippen LogP contribution in [0.25, 0.3) is 6.08 Å². The van der Waals surface area contributed by atoms with Crippen molar-refractivity contribution in [2.75, 3.05) is 6.61 Å². The van der Waals surface area contributed by atoms with Crippen LogP contribution in [-0.4, -0.2) is 42.4 Å². The molecule has 202 valence electrons. The highest BCUT2D eigenvalue weighted by atomic mass is 16.5. The Labute approximate surface area is 226 Å². The van der Waals surface area contributed by atoms with Gasteiger partial charge in [0.1, 0.15) is 64.1 Å². The fraction of sp³-hybridized carbons (Fsp3) is 0.133. The number of hydrogen-bond acceptors (Lipinski definition) is 10. The van der Waals surface area contributed by atoms with Crippen LogP contribution in [-0.2, 0) is 5.41 Å². The maximum Gasteiger partial charge on any atom is 0.180 e. The highest BCUT2D eigenvalue weighted by Crippen LogP contribution is 2.65. The van der Waals surface area contributed by atoms with E-state index in [1.165, 1.54) is 54.6 Å². The van der Waals surface area contributed by atoms with Gasteiger partial charge in [-0.15, -0.1) is 0 Å². The van der Waals surface area contributed by atoms with Crippen molar-refractivity contribution in [1.29, 1.82) is 0 Å². The van der Waals surface area contributed by atoms with Gasteiger partial charge in [0.2, 0.25) is 0 Å². The summed E-state index contributed by atoms with van der Waals surface area (Å²) in [6.07, 6.45) is -0.604. The Morgan fingerprint density at radius 2 is 1.38 bits per heavy atom. The molecule has 0 aromatic heterocycles. The van der Waals surface area contributed by atoms with Crippen LogP contribution in [0.4, 0.5) is 0 Å². The van der Waals surface area contributed by atoms with Crippen molar-refractivity contribution in [1.82, 2.24) is 0 Å². The molecule has 3 heterocycles. The highest BCUT2D eigenvalue weighted by molar-refractivity contribution is 5.78. The van der Waals surface area contributed by atoms with Gasteiger partial charge in [0.05, 0.1) is 16.7 Å². The van der Waals surface area contributed by atoms with Crippen molar-refractivity contribution in [3.8, 4) is 51.7 Å². The molecule has 0 unspecified atom stereocenters. The lowest BCUT2D eigenvalue weighted by atomic mass is 9.69. The lowest BCUT2D eigenvalue weighted by Crippen LogP contribution is -2.35. The maximum atomic E-state index is 11.1. The average molecular weight is 542 g/mol. The van der Waals surface area contributed by atoms with E-state index < -0.39 is 23.4 Å². The molecule has 10 nitrogen and oxygen atoms in total. The zero-order valence-corrected chi connectivity index (χ0v) is 20.6. The van der Waals surface area contributed by atoms with Gasteiger partial charge in [-0.2, -0.15) is 0 Å². The second-order valence-electron chi connectivity index (χ2n) is 10.0. The summed E-state index contributed by atoms with van der Waals surface area (Å²) in [5.74, 6) is -1.02. The number of hydrogen-bond donors (Lipinski definition) is 7. The molecule has 3 aliphatic rings. The Bertz CT molecular complexity index is 1740. The Morgan fingerprint density at radius 3 is 2.12 bits per heavy atom. The number of phenolic OH excluding ortho intramolecular Hbond substituents is 6. The lowest BCUT2D eigenvalue weighted by molar-refractivity contribution is 0.138. The van der Waals surface area contributed by atoms with Crippen molar-refractivity contribution in [2.45, 2.75) is 17.6 Å². The lowest BCUT2D eigenvalue weighted by Gasteiger charge is -2.33. The number of benzene rings is 4. The van der Waals surface area contributed by atoms with Crippen LogP contribution in [0.1, 0.15) is 40.0 Å². The topological polar surface area (TPSA) is 169 Å². The van der Waals surface area contributed by atoms with Gasteiger partial charge in [0, 0.05) is 23.8 Å². The van der Waals surface area contributed by atoms with E-state index in [1.807, 2.05) is 0 Å². The van der Waals surface area contributed by atoms with E-state index in [0.717, 1.165) is 0 Å². The molecule has 0 saturated carbocycles. The summed E-state index contributed by atoms with van der Waals surface area (Å²) >= 11 is 0. The molecule has 0 saturated heterocycles. The smallest absolute Gasteiger partial charge is 0.180 e. The van der Waals surface area contributed by atoms with Gasteiger partial charge in [0.25, 0.3) is 0 Å². The maximum absolute atomic E-state index is 11.1. The second-order valence-corrected chi connectivity index (χ2v) is 10.0. The predicted molar refractivity (Wildman–Crippen MR) is 139 cm³/mol. The van der Waals surface area contributed by atoms with E-state index in [0.29, 0.717) is 22.3 Å². The number of aromatic hydroxyl groups is 6. The van der Waals surface area contributed by atoms with Crippen molar-refractivity contribution in [3.63, 3.8) is 0 Å². The van der Waals surface area contributed by atoms with Gasteiger partial charge in [-0.05, 0) is 35.9 Å². The number of ether oxygens (including phenoxy) is 3. The van der Waals surface area contributed by atoms with Gasteiger partial charge < -0.3 is 50.0 Å². The summed E-state index contributed by atoms with van der Waals surface area (Å²) in [4.78, 5) is 0. The van der Waals surface area contributed by atoms with Gasteiger partial charge in [-0.3, -0.25) is 0 Å². The van der Waals surface area contributed by atoms with E-state index in [4.69, 9.17) is 14.2 Å². The zero-order valence-electron chi connectivity index (χ0n) is 20.6. The first kappa shape index (κ1) is 23.7. The van der Waals surface area contributed by atoms with Crippen LogP contribution in [0.5, 0.6) is 51.7 Å². The number of aliphatic hydroxyl groups excluding tert-OH is 1. The first-order valence-electron chi connectivity index (χ1n) is 12.3. The van der Waals surface area contributed by atoms with Crippen LogP contribution in [0.15, 0.2) is 66.4 Å². The highest BCUT2D eigenvalue weighted by Gasteiger charge is 2.60. The van der Waals surface area contributed by atoms with Gasteiger partial charge in [0.15, 0.2) is 17.6 Å². The quantitative estimate of drug-likeness (QED) is 0.175. The van der Waals surface area contributed by atoms with Crippen molar-refractivity contribution in [2.24, 2.45) is 0 Å². The largest absolute Gasteiger partial charge is 0.508 e. The summed E-state index contributed by atoms with van der Waals surface area (Å²) in [6.45, 7) is -0.0428. The molecular weight excluding hydrogens is 520 g/mol. The van der Waals surface area contributed by atoms with Crippen LogP contribution >= 0.6 is 0 Å². The third-order valence-electron chi connectivity index (χ3n) is 7.66. The van der Waals surface area contributed by atoms with E-state index in [1.54, 1.807) is 12.1 Å². The second kappa shape index (κ2) is 8.06. The van der Waals surface area contributed by atoms with Crippen LogP contribution in [0.3, 0.4) is 0 Å². The fourth-order valence-corrected chi connectivity index (χ4v) is 5.94. The Hall–Kier alpha value is -5.38. The summed E-state index contributed by atoms with van der Waals surface area (Å²) in [5.41, 5.74) is 0.619. The van der Waals surface area contributed by atoms with Crippen molar-refractivity contribution < 1.29 is 50.0 Å². The summed E-state index contributed by atoms with van der Waals surface area (Å²) in [5, 5.41) is 72.9. The molecule has 7 rings (SSSR count). The average Bonchev–Trinajstić information content (AvgIpc) is 3.44. The molecule has 3 aliphatic heterocycles. The molecule has 40 heavy (non-hydrogen) atoms. The Balaban J connectivity index is 1.49. The molecule has 0 fully saturated rings. The molecule has 10 heteroatoms. The van der Waals surface area contributed by atoms with Crippen molar-refractivity contribution >= 4 is 6.08 Å². The standard InChI is InChI=1S/C30H22O10/c31-15-4-1-13(2-5-15)29-30(25-21(36)8-16(32)9-24(25)39-29)12-38-23-11-19(34)17-10-22(37)27(40-28(17)26(23)30)14-3-6-18(33)20(35)7-14/h1-11,27,29,31-37H,12H2/t27-,29-,30-/m1/s1. The first-order chi connectivity index (χ1) is 19.2. The van der Waals surface area contributed by atoms with Crippen LogP contribution < -0.4 is 14.2 Å². The number of aliphatic hydroxyl groups is 1. The SMILES string of the molecule is OC1=Cc2c(O)cc3c(c2O[C@@H]1c1ccc(O)c(O)c1)[C@@]1(CO3)c2c(O)cc(O)cc2O[C@@H]1c1ccc(O)cc1. The van der Waals surface area contributed by atoms with E-state index in [2.05, 4.69) is 0 Å². The van der Waals surface area contributed by atoms with E-state index >= 15 is 0 Å². The summed E-state index contributed by atoms with van der Waals surface area (Å²) in [6, 6.07) is 14.3. The summed E-state index contributed by atoms with van der Waals surface area (Å²) in [7, 11) is 0. The molecule has 4 aromatic carbocycles. The monoisotopic (exact) mass is 542 g/mol. The molecule has 0 amide bonds. The Kier molecular flexibility index (Phi) is 4.78. The molecular formula is C30H22O10. The molecule has 0 radical (unpaired) electrons. The third-order valence-corrected chi connectivity index (χ3v) is 7.66. The Morgan fingerprint density at radius 1 is 0.625 bits per heavy atom. The molecule has 7 N–H and O–H groups in total. The number of phenols is 6.